The van der Waals surface area contributed by atoms with E-state index in [1.165, 1.54) is 5.56 Å². The van der Waals surface area contributed by atoms with Gasteiger partial charge in [0.1, 0.15) is 6.04 Å². The lowest BCUT2D eigenvalue weighted by Crippen LogP contribution is -2.58. The maximum absolute atomic E-state index is 11.1. The smallest absolute Gasteiger partial charge is 0.322 e. The van der Waals surface area contributed by atoms with E-state index in [2.05, 4.69) is 45.4 Å². The van der Waals surface area contributed by atoms with Gasteiger partial charge < -0.3 is 10.4 Å². The van der Waals surface area contributed by atoms with Gasteiger partial charge >= 0.3 is 5.97 Å². The van der Waals surface area contributed by atoms with Gasteiger partial charge in [0.15, 0.2) is 0 Å². The molecule has 0 bridgehead atoms. The van der Waals surface area contributed by atoms with Crippen LogP contribution in [0.2, 0.25) is 0 Å². The fraction of sp³-hybridized carbons (Fsp3) is 0.588. The predicted octanol–water partition coefficient (Wildman–Crippen LogP) is 1.01. The Kier molecular flexibility index (Phi) is 5.08. The minimum absolute atomic E-state index is 0.406. The average molecular weight is 303 g/mol. The molecule has 1 aromatic rings. The lowest BCUT2D eigenvalue weighted by molar-refractivity contribution is -0.141. The van der Waals surface area contributed by atoms with Crippen LogP contribution in [-0.4, -0.2) is 65.7 Å². The molecule has 5 nitrogen and oxygen atoms in total. The first-order chi connectivity index (χ1) is 10.7. The molecular weight excluding hydrogens is 278 g/mol. The summed E-state index contributed by atoms with van der Waals surface area (Å²) in [6, 6.07) is 10.7. The van der Waals surface area contributed by atoms with Crippen molar-refractivity contribution < 1.29 is 9.90 Å². The maximum Gasteiger partial charge on any atom is 0.322 e. The zero-order valence-electron chi connectivity index (χ0n) is 12.9. The molecule has 2 heterocycles. The molecule has 1 aromatic carbocycles. The van der Waals surface area contributed by atoms with E-state index in [4.69, 9.17) is 5.11 Å². The molecule has 2 fully saturated rings. The molecule has 3 rings (SSSR count). The van der Waals surface area contributed by atoms with Gasteiger partial charge in [0.2, 0.25) is 0 Å². The van der Waals surface area contributed by atoms with Gasteiger partial charge in [-0.1, -0.05) is 30.3 Å². The third-order valence-electron chi connectivity index (χ3n) is 4.83. The number of piperidine rings is 1. The number of rotatable bonds is 4. The van der Waals surface area contributed by atoms with Crippen molar-refractivity contribution in [3.8, 4) is 0 Å². The Morgan fingerprint density at radius 2 is 1.91 bits per heavy atom. The summed E-state index contributed by atoms with van der Waals surface area (Å²) in [6.07, 6.45) is 2.28. The molecule has 0 unspecified atom stereocenters. The average Bonchev–Trinajstić information content (AvgIpc) is 2.56. The first kappa shape index (κ1) is 15.5. The number of carboxylic acid groups (broad SMARTS) is 1. The number of hydrogen-bond donors (Lipinski definition) is 2. The predicted molar refractivity (Wildman–Crippen MR) is 85.7 cm³/mol. The van der Waals surface area contributed by atoms with Crippen molar-refractivity contribution in [1.29, 1.82) is 0 Å². The molecule has 2 aliphatic heterocycles. The minimum Gasteiger partial charge on any atom is -0.480 e. The van der Waals surface area contributed by atoms with Crippen LogP contribution in [0.3, 0.4) is 0 Å². The maximum atomic E-state index is 11.1. The molecule has 2 saturated heterocycles. The van der Waals surface area contributed by atoms with Crippen molar-refractivity contribution in [2.75, 3.05) is 32.7 Å². The third kappa shape index (κ3) is 3.85. The Bertz CT molecular complexity index is 486. The normalized spacial score (nSPS) is 25.2. The SMILES string of the molecule is O=C(O)[C@H]1CN(C2CCN(Cc3ccccc3)CC2)CCN1. The van der Waals surface area contributed by atoms with Crippen LogP contribution in [0.4, 0.5) is 0 Å². The largest absolute Gasteiger partial charge is 0.480 e. The molecule has 0 saturated carbocycles. The van der Waals surface area contributed by atoms with Crippen molar-refractivity contribution in [2.45, 2.75) is 31.5 Å². The van der Waals surface area contributed by atoms with E-state index in [0.717, 1.165) is 45.6 Å². The summed E-state index contributed by atoms with van der Waals surface area (Å²) < 4.78 is 0. The summed E-state index contributed by atoms with van der Waals surface area (Å²) in [5.74, 6) is -0.730. The number of nitrogens with zero attached hydrogens (tertiary/aromatic N) is 2. The highest BCUT2D eigenvalue weighted by Crippen LogP contribution is 2.19. The topological polar surface area (TPSA) is 55.8 Å². The van der Waals surface area contributed by atoms with E-state index < -0.39 is 12.0 Å². The zero-order chi connectivity index (χ0) is 15.4. The zero-order valence-corrected chi connectivity index (χ0v) is 12.9. The molecule has 22 heavy (non-hydrogen) atoms. The van der Waals surface area contributed by atoms with Gasteiger partial charge in [-0.15, -0.1) is 0 Å². The molecular formula is C17H25N3O2. The second-order valence-electron chi connectivity index (χ2n) is 6.33. The summed E-state index contributed by atoms with van der Waals surface area (Å²) in [5.41, 5.74) is 1.37. The molecule has 0 aromatic heterocycles. The molecule has 2 N–H and O–H groups in total. The molecule has 5 heteroatoms. The quantitative estimate of drug-likeness (QED) is 0.869. The molecule has 0 aliphatic carbocycles. The molecule has 2 aliphatic rings. The van der Waals surface area contributed by atoms with Gasteiger partial charge in [0.25, 0.3) is 0 Å². The molecule has 0 radical (unpaired) electrons. The first-order valence-electron chi connectivity index (χ1n) is 8.19. The van der Waals surface area contributed by atoms with E-state index in [0.29, 0.717) is 12.6 Å². The van der Waals surface area contributed by atoms with Crippen LogP contribution in [0.15, 0.2) is 30.3 Å². The van der Waals surface area contributed by atoms with Gasteiger partial charge in [0, 0.05) is 32.2 Å². The van der Waals surface area contributed by atoms with Crippen molar-refractivity contribution >= 4 is 5.97 Å². The molecule has 120 valence electrons. The van der Waals surface area contributed by atoms with Crippen molar-refractivity contribution in [3.63, 3.8) is 0 Å². The van der Waals surface area contributed by atoms with E-state index >= 15 is 0 Å². The second kappa shape index (κ2) is 7.22. The van der Waals surface area contributed by atoms with Crippen LogP contribution >= 0.6 is 0 Å². The van der Waals surface area contributed by atoms with Gasteiger partial charge in [-0.05, 0) is 31.5 Å². The van der Waals surface area contributed by atoms with Crippen LogP contribution in [0, 0.1) is 0 Å². The highest BCUT2D eigenvalue weighted by molar-refractivity contribution is 5.73. The second-order valence-corrected chi connectivity index (χ2v) is 6.33. The summed E-state index contributed by atoms with van der Waals surface area (Å²) >= 11 is 0. The minimum atomic E-state index is -0.730. The van der Waals surface area contributed by atoms with Crippen molar-refractivity contribution in [3.05, 3.63) is 35.9 Å². The highest BCUT2D eigenvalue weighted by Gasteiger charge is 2.31. The number of carbonyl (C=O) groups is 1. The van der Waals surface area contributed by atoms with Crippen molar-refractivity contribution in [2.24, 2.45) is 0 Å². The fourth-order valence-corrected chi connectivity index (χ4v) is 3.55. The molecule has 0 spiro atoms. The summed E-state index contributed by atoms with van der Waals surface area (Å²) in [7, 11) is 0. The summed E-state index contributed by atoms with van der Waals surface area (Å²) in [5, 5.41) is 12.2. The molecule has 1 atom stereocenters. The Morgan fingerprint density at radius 3 is 2.59 bits per heavy atom. The Morgan fingerprint density at radius 1 is 1.18 bits per heavy atom. The van der Waals surface area contributed by atoms with Gasteiger partial charge in [-0.25, -0.2) is 0 Å². The monoisotopic (exact) mass is 303 g/mol. The van der Waals surface area contributed by atoms with Crippen LogP contribution < -0.4 is 5.32 Å². The fourth-order valence-electron chi connectivity index (χ4n) is 3.55. The van der Waals surface area contributed by atoms with Crippen LogP contribution in [0.25, 0.3) is 0 Å². The number of piperazine rings is 1. The number of hydrogen-bond acceptors (Lipinski definition) is 4. The van der Waals surface area contributed by atoms with Gasteiger partial charge in [-0.3, -0.25) is 14.6 Å². The number of benzene rings is 1. The van der Waals surface area contributed by atoms with Gasteiger partial charge in [-0.2, -0.15) is 0 Å². The van der Waals surface area contributed by atoms with E-state index in [1.54, 1.807) is 0 Å². The van der Waals surface area contributed by atoms with Gasteiger partial charge in [0.05, 0.1) is 0 Å². The summed E-state index contributed by atoms with van der Waals surface area (Å²) in [6.45, 7) is 5.60. The third-order valence-corrected chi connectivity index (χ3v) is 4.83. The van der Waals surface area contributed by atoms with Crippen LogP contribution in [-0.2, 0) is 11.3 Å². The lowest BCUT2D eigenvalue weighted by atomic mass is 10.0. The van der Waals surface area contributed by atoms with Crippen molar-refractivity contribution in [1.82, 2.24) is 15.1 Å². The first-order valence-corrected chi connectivity index (χ1v) is 8.19. The number of aliphatic carboxylic acids is 1. The van der Waals surface area contributed by atoms with E-state index in [-0.39, 0.29) is 0 Å². The van der Waals surface area contributed by atoms with E-state index in [1.807, 2.05) is 0 Å². The summed E-state index contributed by atoms with van der Waals surface area (Å²) in [4.78, 5) is 16.0. The number of likely N-dealkylation sites (tertiary alicyclic amines) is 1. The number of carboxylic acids is 1. The Labute approximate surface area is 131 Å². The van der Waals surface area contributed by atoms with Crippen LogP contribution in [0.5, 0.6) is 0 Å². The van der Waals surface area contributed by atoms with E-state index in [9.17, 15) is 4.79 Å². The molecule has 0 amide bonds. The Balaban J connectivity index is 1.48. The number of nitrogens with one attached hydrogen (secondary N) is 1. The van der Waals surface area contributed by atoms with Crippen LogP contribution in [0.1, 0.15) is 18.4 Å². The standard InChI is InChI=1S/C17H25N3O2/c21-17(22)16-13-20(11-8-18-16)15-6-9-19(10-7-15)12-14-4-2-1-3-5-14/h1-5,15-16,18H,6-13H2,(H,21,22)/t16-/m1/s1. The Hall–Kier alpha value is -1.43. The lowest BCUT2D eigenvalue weighted by Gasteiger charge is -2.41. The highest BCUT2D eigenvalue weighted by atomic mass is 16.4.